The number of esters is 2. The van der Waals surface area contributed by atoms with Gasteiger partial charge in [-0.3, -0.25) is 9.97 Å². The van der Waals surface area contributed by atoms with E-state index in [0.717, 1.165) is 16.5 Å². The van der Waals surface area contributed by atoms with Crippen LogP contribution in [0.2, 0.25) is 0 Å². The molecule has 0 aliphatic heterocycles. The molecule has 0 amide bonds. The maximum absolute atomic E-state index is 12.2. The first kappa shape index (κ1) is 17.5. The average Bonchev–Trinajstić information content (AvgIpc) is 2.66. The van der Waals surface area contributed by atoms with Gasteiger partial charge in [-0.2, -0.15) is 0 Å². The van der Waals surface area contributed by atoms with Crippen LogP contribution in [-0.4, -0.2) is 36.1 Å². The summed E-state index contributed by atoms with van der Waals surface area (Å²) < 4.78 is 9.63. The molecule has 0 aliphatic rings. The van der Waals surface area contributed by atoms with Gasteiger partial charge in [0.05, 0.1) is 30.9 Å². The highest BCUT2D eigenvalue weighted by Crippen LogP contribution is 2.23. The van der Waals surface area contributed by atoms with E-state index >= 15 is 0 Å². The summed E-state index contributed by atoms with van der Waals surface area (Å²) in [4.78, 5) is 32.5. The van der Waals surface area contributed by atoms with Gasteiger partial charge in [0.15, 0.2) is 0 Å². The average molecular weight is 350 g/mol. The Morgan fingerprint density at radius 3 is 2.50 bits per heavy atom. The molecule has 0 spiro atoms. The minimum atomic E-state index is -0.440. The van der Waals surface area contributed by atoms with Crippen LogP contribution in [0.15, 0.2) is 42.7 Å². The van der Waals surface area contributed by atoms with Crippen molar-refractivity contribution in [2.24, 2.45) is 0 Å². The number of pyridine rings is 2. The fourth-order valence-corrected chi connectivity index (χ4v) is 2.82. The molecule has 132 valence electrons. The van der Waals surface area contributed by atoms with Gasteiger partial charge in [0, 0.05) is 29.9 Å². The molecule has 0 bridgehead atoms. The number of carbonyl (C=O) groups is 2. The zero-order valence-corrected chi connectivity index (χ0v) is 14.8. The fourth-order valence-electron chi connectivity index (χ4n) is 2.82. The van der Waals surface area contributed by atoms with Crippen LogP contribution in [-0.2, 0) is 15.9 Å². The van der Waals surface area contributed by atoms with E-state index in [4.69, 9.17) is 9.47 Å². The number of ether oxygens (including phenoxy) is 2. The number of methoxy groups -OCH3 is 2. The van der Waals surface area contributed by atoms with Gasteiger partial charge in [-0.25, -0.2) is 9.59 Å². The highest BCUT2D eigenvalue weighted by Gasteiger charge is 2.15. The van der Waals surface area contributed by atoms with Crippen LogP contribution in [0.5, 0.6) is 0 Å². The zero-order valence-electron chi connectivity index (χ0n) is 14.8. The van der Waals surface area contributed by atoms with Crippen molar-refractivity contribution in [3.05, 3.63) is 70.7 Å². The van der Waals surface area contributed by atoms with Crippen molar-refractivity contribution in [1.29, 1.82) is 0 Å². The van der Waals surface area contributed by atoms with Crippen molar-refractivity contribution in [3.8, 4) is 0 Å². The van der Waals surface area contributed by atoms with Crippen LogP contribution >= 0.6 is 0 Å². The fraction of sp³-hybridized carbons (Fsp3) is 0.200. The van der Waals surface area contributed by atoms with E-state index in [1.165, 1.54) is 14.2 Å². The number of benzene rings is 1. The molecule has 0 radical (unpaired) electrons. The van der Waals surface area contributed by atoms with Crippen LogP contribution in [0, 0.1) is 6.92 Å². The molecule has 0 saturated carbocycles. The predicted molar refractivity (Wildman–Crippen MR) is 96.2 cm³/mol. The molecule has 6 heteroatoms. The number of aromatic nitrogens is 2. The molecule has 2 aromatic heterocycles. The molecule has 3 rings (SSSR count). The van der Waals surface area contributed by atoms with E-state index in [9.17, 15) is 9.59 Å². The molecule has 6 nitrogen and oxygen atoms in total. The number of rotatable bonds is 4. The summed E-state index contributed by atoms with van der Waals surface area (Å²) in [5, 5.41) is 0.854. The molecule has 0 atom stereocenters. The first-order chi connectivity index (χ1) is 12.5. The normalized spacial score (nSPS) is 10.6. The first-order valence-electron chi connectivity index (χ1n) is 8.02. The number of hydrogen-bond donors (Lipinski definition) is 0. The van der Waals surface area contributed by atoms with E-state index in [0.29, 0.717) is 28.8 Å². The Hall–Kier alpha value is -3.28. The van der Waals surface area contributed by atoms with E-state index in [2.05, 4.69) is 9.97 Å². The molecule has 0 saturated heterocycles. The Kier molecular flexibility index (Phi) is 4.93. The summed E-state index contributed by atoms with van der Waals surface area (Å²) in [7, 11) is 2.68. The molecule has 0 aliphatic carbocycles. The van der Waals surface area contributed by atoms with Gasteiger partial charge in [0.25, 0.3) is 0 Å². The summed E-state index contributed by atoms with van der Waals surface area (Å²) in [6.07, 6.45) is 3.74. The molecular weight excluding hydrogens is 332 g/mol. The second kappa shape index (κ2) is 7.31. The SMILES string of the molecule is COC(=O)c1ccnc(Cc2cc(C(=O)OC)c3ncc(C)cc3c2)c1. The molecule has 1 aromatic carbocycles. The number of carbonyl (C=O) groups excluding carboxylic acids is 2. The van der Waals surface area contributed by atoms with Crippen molar-refractivity contribution in [2.45, 2.75) is 13.3 Å². The van der Waals surface area contributed by atoms with Gasteiger partial charge in [-0.15, -0.1) is 0 Å². The lowest BCUT2D eigenvalue weighted by Crippen LogP contribution is -2.06. The van der Waals surface area contributed by atoms with Crippen LogP contribution in [0.4, 0.5) is 0 Å². The van der Waals surface area contributed by atoms with Gasteiger partial charge >= 0.3 is 11.9 Å². The lowest BCUT2D eigenvalue weighted by Gasteiger charge is -2.09. The topological polar surface area (TPSA) is 78.4 Å². The Morgan fingerprint density at radius 1 is 1.00 bits per heavy atom. The summed E-state index contributed by atoms with van der Waals surface area (Å²) in [6, 6.07) is 8.97. The molecular formula is C20H18N2O4. The summed E-state index contributed by atoms with van der Waals surface area (Å²) >= 11 is 0. The van der Waals surface area contributed by atoms with Crippen molar-refractivity contribution in [2.75, 3.05) is 14.2 Å². The molecule has 0 fully saturated rings. The number of fused-ring (bicyclic) bond motifs is 1. The highest BCUT2D eigenvalue weighted by molar-refractivity contribution is 6.03. The van der Waals surface area contributed by atoms with E-state index in [1.54, 1.807) is 30.6 Å². The molecule has 0 N–H and O–H groups in total. The second-order valence-corrected chi connectivity index (χ2v) is 5.92. The van der Waals surface area contributed by atoms with Gasteiger partial charge in [0.2, 0.25) is 0 Å². The monoisotopic (exact) mass is 350 g/mol. The first-order valence-corrected chi connectivity index (χ1v) is 8.02. The minimum absolute atomic E-state index is 0.407. The van der Waals surface area contributed by atoms with Crippen molar-refractivity contribution in [1.82, 2.24) is 9.97 Å². The summed E-state index contributed by atoms with van der Waals surface area (Å²) in [5.74, 6) is -0.855. The maximum Gasteiger partial charge on any atom is 0.340 e. The molecule has 2 heterocycles. The summed E-state index contributed by atoms with van der Waals surface area (Å²) in [5.41, 5.74) is 4.01. The van der Waals surface area contributed by atoms with Crippen molar-refractivity contribution < 1.29 is 19.1 Å². The van der Waals surface area contributed by atoms with E-state index < -0.39 is 11.9 Å². The smallest absolute Gasteiger partial charge is 0.340 e. The lowest BCUT2D eigenvalue weighted by atomic mass is 10.0. The van der Waals surface area contributed by atoms with Crippen LogP contribution in [0.1, 0.15) is 37.5 Å². The summed E-state index contributed by atoms with van der Waals surface area (Å²) in [6.45, 7) is 1.94. The van der Waals surface area contributed by atoms with Crippen molar-refractivity contribution in [3.63, 3.8) is 0 Å². The maximum atomic E-state index is 12.2. The third-order valence-corrected chi connectivity index (χ3v) is 4.01. The lowest BCUT2D eigenvalue weighted by molar-refractivity contribution is 0.0592. The third kappa shape index (κ3) is 3.54. The quantitative estimate of drug-likeness (QED) is 0.673. The standard InChI is InChI=1S/C20H18N2O4/c1-12-6-15-7-13(9-17(20(24)26-3)18(15)22-11-12)8-16-10-14(4-5-21-16)19(23)25-2/h4-7,9-11H,8H2,1-3H3. The Balaban J connectivity index is 2.05. The third-order valence-electron chi connectivity index (χ3n) is 4.01. The van der Waals surface area contributed by atoms with Crippen LogP contribution in [0.3, 0.4) is 0 Å². The number of hydrogen-bond acceptors (Lipinski definition) is 6. The van der Waals surface area contributed by atoms with Gasteiger partial charge in [0.1, 0.15) is 0 Å². The number of aryl methyl sites for hydroxylation is 1. The molecule has 3 aromatic rings. The Morgan fingerprint density at radius 2 is 1.77 bits per heavy atom. The predicted octanol–water partition coefficient (Wildman–Crippen LogP) is 3.10. The van der Waals surface area contributed by atoms with Crippen LogP contribution < -0.4 is 0 Å². The second-order valence-electron chi connectivity index (χ2n) is 5.92. The van der Waals surface area contributed by atoms with Crippen LogP contribution in [0.25, 0.3) is 10.9 Å². The molecule has 26 heavy (non-hydrogen) atoms. The van der Waals surface area contributed by atoms with Crippen molar-refractivity contribution >= 4 is 22.8 Å². The molecule has 0 unspecified atom stereocenters. The largest absolute Gasteiger partial charge is 0.465 e. The number of nitrogens with zero attached hydrogens (tertiary/aromatic N) is 2. The Labute approximate surface area is 150 Å². The van der Waals surface area contributed by atoms with Gasteiger partial charge < -0.3 is 9.47 Å². The van der Waals surface area contributed by atoms with Gasteiger partial charge in [-0.1, -0.05) is 0 Å². The minimum Gasteiger partial charge on any atom is -0.465 e. The van der Waals surface area contributed by atoms with E-state index in [1.807, 2.05) is 19.1 Å². The highest BCUT2D eigenvalue weighted by atomic mass is 16.5. The van der Waals surface area contributed by atoms with E-state index in [-0.39, 0.29) is 0 Å². The Bertz CT molecular complexity index is 998. The zero-order chi connectivity index (χ0) is 18.7. The van der Waals surface area contributed by atoms with Gasteiger partial charge in [-0.05, 0) is 48.4 Å².